The lowest BCUT2D eigenvalue weighted by Gasteiger charge is -2.12. The number of nitrogens with two attached hydrogens (primary N) is 1. The molecule has 0 aliphatic rings. The largest absolute Gasteiger partial charge is 0.508 e. The van der Waals surface area contributed by atoms with E-state index < -0.39 is 23.1 Å². The monoisotopic (exact) mass is 281 g/mol. The van der Waals surface area contributed by atoms with E-state index in [0.717, 1.165) is 18.2 Å². The standard InChI is InChI=1S/C14H10F3NO2/c15-14(16,17)11-4-2-1-3-9(11)13(20)10-7-8(19)5-6-12(10)18/h1-7,19H,18H2. The topological polar surface area (TPSA) is 63.3 Å². The molecule has 0 radical (unpaired) electrons. The summed E-state index contributed by atoms with van der Waals surface area (Å²) in [5.74, 6) is -1.13. The Bertz CT molecular complexity index is 666. The zero-order chi connectivity index (χ0) is 14.9. The van der Waals surface area contributed by atoms with Gasteiger partial charge in [-0.15, -0.1) is 0 Å². The summed E-state index contributed by atoms with van der Waals surface area (Å²) < 4.78 is 38.6. The van der Waals surface area contributed by atoms with Gasteiger partial charge < -0.3 is 10.8 Å². The van der Waals surface area contributed by atoms with E-state index in [4.69, 9.17) is 5.73 Å². The fourth-order valence-corrected chi connectivity index (χ4v) is 1.81. The smallest absolute Gasteiger partial charge is 0.417 e. The average Bonchev–Trinajstić information content (AvgIpc) is 2.40. The number of carbonyl (C=O) groups is 1. The van der Waals surface area contributed by atoms with Crippen molar-refractivity contribution in [3.05, 3.63) is 59.2 Å². The Morgan fingerprint density at radius 2 is 1.70 bits per heavy atom. The Balaban J connectivity index is 2.57. The SMILES string of the molecule is Nc1ccc(O)cc1C(=O)c1ccccc1C(F)(F)F. The number of rotatable bonds is 2. The van der Waals surface area contributed by atoms with E-state index in [1.807, 2.05) is 0 Å². The van der Waals surface area contributed by atoms with Crippen LogP contribution in [0.15, 0.2) is 42.5 Å². The van der Waals surface area contributed by atoms with Crippen molar-refractivity contribution in [2.75, 3.05) is 5.73 Å². The average molecular weight is 281 g/mol. The minimum atomic E-state index is -4.64. The third-order valence-corrected chi connectivity index (χ3v) is 2.76. The molecule has 20 heavy (non-hydrogen) atoms. The van der Waals surface area contributed by atoms with Gasteiger partial charge in [0.1, 0.15) is 5.75 Å². The van der Waals surface area contributed by atoms with Gasteiger partial charge in [0, 0.05) is 16.8 Å². The molecule has 104 valence electrons. The van der Waals surface area contributed by atoms with Crippen LogP contribution in [0.4, 0.5) is 18.9 Å². The number of phenolic OH excluding ortho intramolecular Hbond substituents is 1. The molecule has 3 N–H and O–H groups in total. The van der Waals surface area contributed by atoms with Gasteiger partial charge in [-0.05, 0) is 24.3 Å². The number of alkyl halides is 3. The molecule has 2 aromatic carbocycles. The first-order valence-corrected chi connectivity index (χ1v) is 5.60. The predicted molar refractivity (Wildman–Crippen MR) is 67.4 cm³/mol. The van der Waals surface area contributed by atoms with E-state index in [0.29, 0.717) is 0 Å². The molecule has 3 nitrogen and oxygen atoms in total. The van der Waals surface area contributed by atoms with Crippen LogP contribution in [0.25, 0.3) is 0 Å². The fraction of sp³-hybridized carbons (Fsp3) is 0.0714. The highest BCUT2D eigenvalue weighted by molar-refractivity contribution is 6.13. The number of nitrogen functional groups attached to an aromatic ring is 1. The lowest BCUT2D eigenvalue weighted by molar-refractivity contribution is -0.137. The molecule has 2 rings (SSSR count). The highest BCUT2D eigenvalue weighted by Gasteiger charge is 2.35. The summed E-state index contributed by atoms with van der Waals surface area (Å²) in [6, 6.07) is 8.00. The van der Waals surface area contributed by atoms with Crippen molar-refractivity contribution >= 4 is 11.5 Å². The van der Waals surface area contributed by atoms with Gasteiger partial charge in [0.25, 0.3) is 0 Å². The van der Waals surface area contributed by atoms with Crippen LogP contribution in [0, 0.1) is 0 Å². The second kappa shape index (κ2) is 4.88. The zero-order valence-electron chi connectivity index (χ0n) is 10.1. The van der Waals surface area contributed by atoms with Crippen molar-refractivity contribution in [2.24, 2.45) is 0 Å². The molecular weight excluding hydrogens is 271 g/mol. The first-order chi connectivity index (χ1) is 9.30. The number of carbonyl (C=O) groups excluding carboxylic acids is 1. The third kappa shape index (κ3) is 2.59. The minimum absolute atomic E-state index is 0.00442. The molecule has 0 spiro atoms. The van der Waals surface area contributed by atoms with Crippen molar-refractivity contribution < 1.29 is 23.1 Å². The number of aromatic hydroxyl groups is 1. The highest BCUT2D eigenvalue weighted by atomic mass is 19.4. The molecule has 6 heteroatoms. The highest BCUT2D eigenvalue weighted by Crippen LogP contribution is 2.33. The molecule has 0 fully saturated rings. The van der Waals surface area contributed by atoms with Crippen LogP contribution in [0.5, 0.6) is 5.75 Å². The van der Waals surface area contributed by atoms with Crippen molar-refractivity contribution in [3.8, 4) is 5.75 Å². The lowest BCUT2D eigenvalue weighted by Crippen LogP contribution is -2.14. The summed E-state index contributed by atoms with van der Waals surface area (Å²) in [4.78, 5) is 12.2. The summed E-state index contributed by atoms with van der Waals surface area (Å²) in [5, 5.41) is 9.33. The van der Waals surface area contributed by atoms with Gasteiger partial charge in [0.2, 0.25) is 0 Å². The zero-order valence-corrected chi connectivity index (χ0v) is 10.1. The van der Waals surface area contributed by atoms with E-state index in [1.165, 1.54) is 24.3 Å². The van der Waals surface area contributed by atoms with Crippen molar-refractivity contribution in [2.45, 2.75) is 6.18 Å². The Morgan fingerprint density at radius 3 is 2.35 bits per heavy atom. The van der Waals surface area contributed by atoms with E-state index in [9.17, 15) is 23.1 Å². The van der Waals surface area contributed by atoms with E-state index in [1.54, 1.807) is 0 Å². The van der Waals surface area contributed by atoms with E-state index in [2.05, 4.69) is 0 Å². The van der Waals surface area contributed by atoms with Gasteiger partial charge in [-0.3, -0.25) is 4.79 Å². The number of ketones is 1. The molecule has 0 atom stereocenters. The van der Waals surface area contributed by atoms with Gasteiger partial charge in [-0.25, -0.2) is 0 Å². The van der Waals surface area contributed by atoms with E-state index in [-0.39, 0.29) is 17.0 Å². The number of anilines is 1. The number of hydrogen-bond acceptors (Lipinski definition) is 3. The second-order valence-corrected chi connectivity index (χ2v) is 4.14. The molecule has 0 unspecified atom stereocenters. The summed E-state index contributed by atoms with van der Waals surface area (Å²) in [6.07, 6.45) is -4.64. The van der Waals surface area contributed by atoms with Crippen molar-refractivity contribution in [1.82, 2.24) is 0 Å². The summed E-state index contributed by atoms with van der Waals surface area (Å²) in [7, 11) is 0. The van der Waals surface area contributed by atoms with Crippen LogP contribution in [-0.2, 0) is 6.18 Å². The molecule has 0 aromatic heterocycles. The summed E-state index contributed by atoms with van der Waals surface area (Å²) >= 11 is 0. The number of benzene rings is 2. The minimum Gasteiger partial charge on any atom is -0.508 e. The van der Waals surface area contributed by atoms with Gasteiger partial charge >= 0.3 is 6.18 Å². The van der Waals surface area contributed by atoms with Gasteiger partial charge in [-0.1, -0.05) is 18.2 Å². The summed E-state index contributed by atoms with van der Waals surface area (Å²) in [6.45, 7) is 0. The first-order valence-electron chi connectivity index (χ1n) is 5.60. The Morgan fingerprint density at radius 1 is 1.05 bits per heavy atom. The molecule has 0 aliphatic carbocycles. The first kappa shape index (κ1) is 13.9. The molecule has 0 amide bonds. The quantitative estimate of drug-likeness (QED) is 0.504. The second-order valence-electron chi connectivity index (χ2n) is 4.14. The summed E-state index contributed by atoms with van der Waals surface area (Å²) in [5.41, 5.74) is 3.88. The molecule has 0 bridgehead atoms. The Kier molecular flexibility index (Phi) is 3.40. The third-order valence-electron chi connectivity index (χ3n) is 2.76. The normalized spacial score (nSPS) is 11.3. The maximum atomic E-state index is 12.9. The van der Waals surface area contributed by atoms with Gasteiger partial charge in [0.05, 0.1) is 5.56 Å². The molecule has 0 saturated heterocycles. The van der Waals surface area contributed by atoms with Crippen LogP contribution >= 0.6 is 0 Å². The molecular formula is C14H10F3NO2. The fourth-order valence-electron chi connectivity index (χ4n) is 1.81. The maximum absolute atomic E-state index is 12.9. The Labute approximate surface area is 112 Å². The number of phenols is 1. The van der Waals surface area contributed by atoms with Crippen LogP contribution in [0.1, 0.15) is 21.5 Å². The van der Waals surface area contributed by atoms with Crippen molar-refractivity contribution in [1.29, 1.82) is 0 Å². The lowest BCUT2D eigenvalue weighted by atomic mass is 9.97. The van der Waals surface area contributed by atoms with Gasteiger partial charge in [-0.2, -0.15) is 13.2 Å². The molecule has 2 aromatic rings. The number of hydrogen-bond donors (Lipinski definition) is 2. The number of halogens is 3. The van der Waals surface area contributed by atoms with Crippen LogP contribution < -0.4 is 5.73 Å². The molecule has 0 saturated carbocycles. The molecule has 0 aliphatic heterocycles. The van der Waals surface area contributed by atoms with Crippen molar-refractivity contribution in [3.63, 3.8) is 0 Å². The van der Waals surface area contributed by atoms with Crippen LogP contribution in [0.3, 0.4) is 0 Å². The Hall–Kier alpha value is -2.50. The predicted octanol–water partition coefficient (Wildman–Crippen LogP) is 3.22. The maximum Gasteiger partial charge on any atom is 0.417 e. The van der Waals surface area contributed by atoms with E-state index >= 15 is 0 Å². The molecule has 0 heterocycles. The van der Waals surface area contributed by atoms with Gasteiger partial charge in [0.15, 0.2) is 5.78 Å². The van der Waals surface area contributed by atoms with Crippen LogP contribution in [-0.4, -0.2) is 10.9 Å². The van der Waals surface area contributed by atoms with Crippen LogP contribution in [0.2, 0.25) is 0 Å².